The summed E-state index contributed by atoms with van der Waals surface area (Å²) < 4.78 is 5.34. The van der Waals surface area contributed by atoms with E-state index in [4.69, 9.17) is 9.72 Å². The minimum absolute atomic E-state index is 0.0847. The fraction of sp³-hybridized carbons (Fsp3) is 0.500. The molecule has 0 aliphatic carbocycles. The summed E-state index contributed by atoms with van der Waals surface area (Å²) in [6, 6.07) is 8.08. The molecular formula is C18H24N2OS. The zero-order valence-corrected chi connectivity index (χ0v) is 14.8. The number of rotatable bonds is 2. The molecular weight excluding hydrogens is 292 g/mol. The number of imidazole rings is 1. The second kappa shape index (κ2) is 5.34. The van der Waals surface area contributed by atoms with Gasteiger partial charge in [-0.05, 0) is 12.1 Å². The SMILES string of the molecule is COc1cccc(-c2nc3c([nH]2)C(C)(C)CSCC3(C)C)c1. The molecule has 3 nitrogen and oxygen atoms in total. The maximum atomic E-state index is 5.34. The molecule has 0 atom stereocenters. The van der Waals surface area contributed by atoms with Crippen LogP contribution in [0.3, 0.4) is 0 Å². The van der Waals surface area contributed by atoms with Gasteiger partial charge in [0.1, 0.15) is 11.6 Å². The lowest BCUT2D eigenvalue weighted by molar-refractivity contribution is 0.415. The molecule has 1 aliphatic rings. The third kappa shape index (κ3) is 2.65. The highest BCUT2D eigenvalue weighted by Gasteiger charge is 2.38. The van der Waals surface area contributed by atoms with Gasteiger partial charge in [0.05, 0.1) is 12.8 Å². The van der Waals surface area contributed by atoms with Crippen LogP contribution in [0, 0.1) is 0 Å². The Hall–Kier alpha value is -1.42. The van der Waals surface area contributed by atoms with Crippen molar-refractivity contribution < 1.29 is 4.74 Å². The smallest absolute Gasteiger partial charge is 0.137 e. The molecule has 1 aromatic carbocycles. The lowest BCUT2D eigenvalue weighted by Crippen LogP contribution is -2.24. The monoisotopic (exact) mass is 316 g/mol. The first kappa shape index (κ1) is 15.5. The molecule has 1 N–H and O–H groups in total. The zero-order valence-electron chi connectivity index (χ0n) is 14.0. The van der Waals surface area contributed by atoms with E-state index in [0.717, 1.165) is 28.6 Å². The first-order valence-corrected chi connectivity index (χ1v) is 8.82. The highest BCUT2D eigenvalue weighted by Crippen LogP contribution is 2.42. The lowest BCUT2D eigenvalue weighted by Gasteiger charge is -2.23. The first-order chi connectivity index (χ1) is 10.3. The van der Waals surface area contributed by atoms with E-state index in [2.05, 4.69) is 38.7 Å². The number of fused-ring (bicyclic) bond motifs is 1. The van der Waals surface area contributed by atoms with Crippen molar-refractivity contribution in [3.63, 3.8) is 0 Å². The topological polar surface area (TPSA) is 37.9 Å². The van der Waals surface area contributed by atoms with Crippen molar-refractivity contribution in [1.29, 1.82) is 0 Å². The molecule has 1 aromatic heterocycles. The number of nitrogens with one attached hydrogen (secondary N) is 1. The maximum absolute atomic E-state index is 5.34. The first-order valence-electron chi connectivity index (χ1n) is 7.67. The van der Waals surface area contributed by atoms with Gasteiger partial charge in [0.15, 0.2) is 0 Å². The molecule has 2 heterocycles. The molecule has 0 saturated heterocycles. The average molecular weight is 316 g/mol. The number of aromatic nitrogens is 2. The van der Waals surface area contributed by atoms with E-state index in [0.29, 0.717) is 0 Å². The van der Waals surface area contributed by atoms with Crippen LogP contribution in [0.5, 0.6) is 5.75 Å². The van der Waals surface area contributed by atoms with E-state index in [1.165, 1.54) is 11.4 Å². The molecule has 1 aliphatic heterocycles. The molecule has 3 rings (SSSR count). The summed E-state index contributed by atoms with van der Waals surface area (Å²) in [5.74, 6) is 4.02. The number of nitrogens with zero attached hydrogens (tertiary/aromatic N) is 1. The van der Waals surface area contributed by atoms with E-state index in [1.807, 2.05) is 30.0 Å². The Kier molecular flexibility index (Phi) is 3.76. The fourth-order valence-electron chi connectivity index (χ4n) is 2.96. The number of methoxy groups -OCH3 is 1. The third-order valence-corrected chi connectivity index (χ3v) is 6.14. The molecule has 4 heteroatoms. The Balaban J connectivity index is 2.13. The lowest BCUT2D eigenvalue weighted by atomic mass is 9.82. The third-order valence-electron chi connectivity index (χ3n) is 4.29. The second-order valence-corrected chi connectivity index (χ2v) is 8.29. The van der Waals surface area contributed by atoms with Crippen LogP contribution in [-0.4, -0.2) is 28.6 Å². The van der Waals surface area contributed by atoms with Crippen LogP contribution in [0.25, 0.3) is 11.4 Å². The van der Waals surface area contributed by atoms with E-state index in [9.17, 15) is 0 Å². The molecule has 0 saturated carbocycles. The predicted molar refractivity (Wildman–Crippen MR) is 94.0 cm³/mol. The van der Waals surface area contributed by atoms with Crippen LogP contribution in [-0.2, 0) is 10.8 Å². The van der Waals surface area contributed by atoms with Gasteiger partial charge >= 0.3 is 0 Å². The minimum Gasteiger partial charge on any atom is -0.497 e. The van der Waals surface area contributed by atoms with E-state index < -0.39 is 0 Å². The van der Waals surface area contributed by atoms with Crippen LogP contribution < -0.4 is 4.74 Å². The molecule has 0 spiro atoms. The van der Waals surface area contributed by atoms with E-state index >= 15 is 0 Å². The van der Waals surface area contributed by atoms with Crippen molar-refractivity contribution in [1.82, 2.24) is 9.97 Å². The average Bonchev–Trinajstić information content (AvgIpc) is 2.91. The Morgan fingerprint density at radius 1 is 1.14 bits per heavy atom. The van der Waals surface area contributed by atoms with Crippen LogP contribution >= 0.6 is 11.8 Å². The molecule has 0 bridgehead atoms. The summed E-state index contributed by atoms with van der Waals surface area (Å²) in [5.41, 5.74) is 3.76. The highest BCUT2D eigenvalue weighted by atomic mass is 32.2. The summed E-state index contributed by atoms with van der Waals surface area (Å²) in [4.78, 5) is 8.59. The van der Waals surface area contributed by atoms with Crippen molar-refractivity contribution in [2.75, 3.05) is 18.6 Å². The molecule has 22 heavy (non-hydrogen) atoms. The molecule has 0 unspecified atom stereocenters. The number of H-pyrrole nitrogens is 1. The minimum atomic E-state index is 0.0847. The number of benzene rings is 1. The molecule has 118 valence electrons. The van der Waals surface area contributed by atoms with Gasteiger partial charge < -0.3 is 9.72 Å². The van der Waals surface area contributed by atoms with Crippen LogP contribution in [0.1, 0.15) is 39.1 Å². The second-order valence-electron chi connectivity index (χ2n) is 7.30. The largest absolute Gasteiger partial charge is 0.497 e. The van der Waals surface area contributed by atoms with Gasteiger partial charge in [-0.2, -0.15) is 11.8 Å². The Morgan fingerprint density at radius 3 is 2.59 bits per heavy atom. The Morgan fingerprint density at radius 2 is 1.86 bits per heavy atom. The highest BCUT2D eigenvalue weighted by molar-refractivity contribution is 7.99. The van der Waals surface area contributed by atoms with E-state index in [-0.39, 0.29) is 10.8 Å². The molecule has 2 aromatic rings. The van der Waals surface area contributed by atoms with Gasteiger partial charge in [-0.15, -0.1) is 0 Å². The summed E-state index contributed by atoms with van der Waals surface area (Å²) in [6.45, 7) is 9.18. The fourth-order valence-corrected chi connectivity index (χ4v) is 4.37. The Bertz CT molecular complexity index is 655. The zero-order chi connectivity index (χ0) is 16.0. The van der Waals surface area contributed by atoms with Crippen molar-refractivity contribution in [3.8, 4) is 17.1 Å². The van der Waals surface area contributed by atoms with Crippen LogP contribution in [0.4, 0.5) is 0 Å². The predicted octanol–water partition coefficient (Wildman–Crippen LogP) is 4.39. The van der Waals surface area contributed by atoms with Crippen molar-refractivity contribution in [2.45, 2.75) is 38.5 Å². The number of ether oxygens (including phenoxy) is 1. The summed E-state index contributed by atoms with van der Waals surface area (Å²) in [6.07, 6.45) is 0. The van der Waals surface area contributed by atoms with Gasteiger partial charge in [-0.25, -0.2) is 4.98 Å². The molecule has 0 fully saturated rings. The molecule has 0 amide bonds. The number of hydrogen-bond donors (Lipinski definition) is 1. The van der Waals surface area contributed by atoms with Gasteiger partial charge in [-0.1, -0.05) is 39.8 Å². The molecule has 0 radical (unpaired) electrons. The Labute approximate surface area is 136 Å². The quantitative estimate of drug-likeness (QED) is 0.893. The van der Waals surface area contributed by atoms with Crippen molar-refractivity contribution >= 4 is 11.8 Å². The van der Waals surface area contributed by atoms with Gasteiger partial charge in [0.2, 0.25) is 0 Å². The normalized spacial score (nSPS) is 19.3. The van der Waals surface area contributed by atoms with Gasteiger partial charge in [0.25, 0.3) is 0 Å². The maximum Gasteiger partial charge on any atom is 0.137 e. The summed E-state index contributed by atoms with van der Waals surface area (Å²) >= 11 is 2.02. The standard InChI is InChI=1S/C18H24N2OS/c1-17(2)10-22-11-18(3,4)15-14(17)19-16(20-15)12-7-6-8-13(9-12)21-5/h6-9H,10-11H2,1-5H3,(H,19,20). The number of aromatic amines is 1. The van der Waals surface area contributed by atoms with Gasteiger partial charge in [-0.3, -0.25) is 0 Å². The number of hydrogen-bond acceptors (Lipinski definition) is 3. The van der Waals surface area contributed by atoms with Crippen LogP contribution in [0.2, 0.25) is 0 Å². The summed E-state index contributed by atoms with van der Waals surface area (Å²) in [5, 5.41) is 0. The van der Waals surface area contributed by atoms with Gasteiger partial charge in [0, 0.05) is 33.6 Å². The van der Waals surface area contributed by atoms with E-state index in [1.54, 1.807) is 7.11 Å². The van der Waals surface area contributed by atoms with Crippen molar-refractivity contribution in [3.05, 3.63) is 35.7 Å². The van der Waals surface area contributed by atoms with Crippen molar-refractivity contribution in [2.24, 2.45) is 0 Å². The summed E-state index contributed by atoms with van der Waals surface area (Å²) in [7, 11) is 1.69. The van der Waals surface area contributed by atoms with Crippen LogP contribution in [0.15, 0.2) is 24.3 Å². The number of thioether (sulfide) groups is 1.